The topological polar surface area (TPSA) is 76.8 Å². The highest BCUT2D eigenvalue weighted by molar-refractivity contribution is 5.21. The number of rotatable bonds is 9. The van der Waals surface area contributed by atoms with E-state index in [1.807, 2.05) is 54.6 Å². The summed E-state index contributed by atoms with van der Waals surface area (Å²) in [5.74, 6) is 1.48. The van der Waals surface area contributed by atoms with Crippen LogP contribution in [0.1, 0.15) is 29.9 Å². The molecule has 1 aliphatic rings. The Morgan fingerprint density at radius 3 is 2.60 bits per heavy atom. The highest BCUT2D eigenvalue weighted by Gasteiger charge is 2.30. The Balaban J connectivity index is 1.24. The van der Waals surface area contributed by atoms with E-state index in [4.69, 9.17) is 14.0 Å². The van der Waals surface area contributed by atoms with Gasteiger partial charge in [-0.1, -0.05) is 53.7 Å². The van der Waals surface area contributed by atoms with Gasteiger partial charge in [-0.3, -0.25) is 0 Å². The van der Waals surface area contributed by atoms with E-state index in [0.717, 1.165) is 30.8 Å². The van der Waals surface area contributed by atoms with Crippen molar-refractivity contribution in [3.8, 4) is 5.75 Å². The fourth-order valence-electron chi connectivity index (χ4n) is 3.66. The lowest BCUT2D eigenvalue weighted by atomic mass is 9.98. The molecule has 0 spiro atoms. The normalized spacial score (nSPS) is 21.4. The van der Waals surface area contributed by atoms with Crippen LogP contribution in [0.3, 0.4) is 0 Å². The van der Waals surface area contributed by atoms with Crippen LogP contribution in [0.25, 0.3) is 0 Å². The van der Waals surface area contributed by atoms with Crippen LogP contribution in [0.15, 0.2) is 71.3 Å². The summed E-state index contributed by atoms with van der Waals surface area (Å²) < 4.78 is 17.3. The molecule has 1 aliphatic heterocycles. The van der Waals surface area contributed by atoms with Gasteiger partial charge in [0.25, 0.3) is 0 Å². The van der Waals surface area contributed by atoms with Crippen LogP contribution in [0.4, 0.5) is 0 Å². The molecule has 0 aliphatic carbocycles. The van der Waals surface area contributed by atoms with E-state index in [1.54, 1.807) is 0 Å². The van der Waals surface area contributed by atoms with E-state index >= 15 is 0 Å². The molecule has 158 valence electrons. The second-order valence-corrected chi connectivity index (χ2v) is 7.65. The summed E-state index contributed by atoms with van der Waals surface area (Å²) in [6, 6.07) is 21.8. The number of aliphatic hydroxyl groups excluding tert-OH is 1. The molecule has 2 aromatic carbocycles. The molecule has 6 heteroatoms. The van der Waals surface area contributed by atoms with Crippen LogP contribution in [0.2, 0.25) is 0 Å². The zero-order valence-corrected chi connectivity index (χ0v) is 16.9. The van der Waals surface area contributed by atoms with Crippen LogP contribution >= 0.6 is 0 Å². The summed E-state index contributed by atoms with van der Waals surface area (Å²) in [5.41, 5.74) is 2.06. The monoisotopic (exact) mass is 408 g/mol. The number of nitrogens with zero attached hydrogens (tertiary/aromatic N) is 1. The van der Waals surface area contributed by atoms with E-state index in [-0.39, 0.29) is 12.2 Å². The van der Waals surface area contributed by atoms with Crippen molar-refractivity contribution >= 4 is 0 Å². The molecule has 3 aromatic rings. The second-order valence-electron chi connectivity index (χ2n) is 7.65. The summed E-state index contributed by atoms with van der Waals surface area (Å²) in [6.07, 6.45) is 1.54. The zero-order chi connectivity index (χ0) is 20.6. The molecule has 0 radical (unpaired) electrons. The molecule has 0 amide bonds. The van der Waals surface area contributed by atoms with Gasteiger partial charge in [0.15, 0.2) is 5.76 Å². The summed E-state index contributed by atoms with van der Waals surface area (Å²) in [7, 11) is 0. The van der Waals surface area contributed by atoms with E-state index in [2.05, 4.69) is 22.6 Å². The van der Waals surface area contributed by atoms with Gasteiger partial charge in [0.2, 0.25) is 0 Å². The van der Waals surface area contributed by atoms with E-state index < -0.39 is 6.10 Å². The fourth-order valence-corrected chi connectivity index (χ4v) is 3.66. The molecule has 2 heterocycles. The summed E-state index contributed by atoms with van der Waals surface area (Å²) in [4.78, 5) is 0. The van der Waals surface area contributed by atoms with Crippen molar-refractivity contribution in [1.82, 2.24) is 10.5 Å². The lowest BCUT2D eigenvalue weighted by molar-refractivity contribution is -0.115. The molecule has 6 nitrogen and oxygen atoms in total. The van der Waals surface area contributed by atoms with Crippen molar-refractivity contribution in [3.05, 3.63) is 83.7 Å². The quantitative estimate of drug-likeness (QED) is 0.564. The van der Waals surface area contributed by atoms with Gasteiger partial charge in [-0.05, 0) is 30.5 Å². The molecule has 4 rings (SSSR count). The lowest BCUT2D eigenvalue weighted by Crippen LogP contribution is -2.45. The second kappa shape index (κ2) is 10.4. The van der Waals surface area contributed by atoms with Crippen molar-refractivity contribution in [2.75, 3.05) is 6.54 Å². The molecular weight excluding hydrogens is 380 g/mol. The van der Waals surface area contributed by atoms with Gasteiger partial charge in [-0.25, -0.2) is 0 Å². The largest absolute Gasteiger partial charge is 0.486 e. The summed E-state index contributed by atoms with van der Waals surface area (Å²) >= 11 is 0. The molecule has 30 heavy (non-hydrogen) atoms. The molecule has 3 atom stereocenters. The van der Waals surface area contributed by atoms with Crippen molar-refractivity contribution in [3.63, 3.8) is 0 Å². The van der Waals surface area contributed by atoms with Crippen LogP contribution < -0.4 is 10.1 Å². The first kappa shape index (κ1) is 20.6. The number of para-hydroxylation sites is 1. The molecule has 0 bridgehead atoms. The Morgan fingerprint density at radius 2 is 1.80 bits per heavy atom. The standard InChI is InChI=1S/C24H28N2O4/c27-23-12-11-21(29-24(23)16-25-15-18-7-3-1-4-8-18)13-19-14-22(30-26-19)17-28-20-9-5-2-6-10-20/h1-10,14,21,23-25,27H,11-13,15-17H2/t21-,23-,24+/m0/s1. The highest BCUT2D eigenvalue weighted by atomic mass is 16.5. The Bertz CT molecular complexity index is 884. The first-order valence-electron chi connectivity index (χ1n) is 10.5. The molecule has 0 unspecified atom stereocenters. The minimum absolute atomic E-state index is 0.0184. The SMILES string of the molecule is O[C@H]1CC[C@@H](Cc2cc(COc3ccccc3)on2)O[C@@H]1CNCc1ccccc1. The van der Waals surface area contributed by atoms with Crippen LogP contribution in [0.5, 0.6) is 5.75 Å². The van der Waals surface area contributed by atoms with E-state index in [1.165, 1.54) is 5.56 Å². The van der Waals surface area contributed by atoms with Gasteiger partial charge < -0.3 is 24.4 Å². The Kier molecular flexibility index (Phi) is 7.13. The molecule has 1 fully saturated rings. The lowest BCUT2D eigenvalue weighted by Gasteiger charge is -2.34. The molecule has 1 saturated heterocycles. The van der Waals surface area contributed by atoms with Gasteiger partial charge in [0, 0.05) is 25.6 Å². The minimum atomic E-state index is -0.448. The number of aromatic nitrogens is 1. The summed E-state index contributed by atoms with van der Waals surface area (Å²) in [6.45, 7) is 1.71. The van der Waals surface area contributed by atoms with Gasteiger partial charge >= 0.3 is 0 Å². The maximum absolute atomic E-state index is 10.3. The Morgan fingerprint density at radius 1 is 1.03 bits per heavy atom. The molecule has 2 N–H and O–H groups in total. The number of benzene rings is 2. The highest BCUT2D eigenvalue weighted by Crippen LogP contribution is 2.23. The number of nitrogens with one attached hydrogen (secondary N) is 1. The Hall–Kier alpha value is -2.67. The number of aliphatic hydroxyl groups is 1. The summed E-state index contributed by atoms with van der Waals surface area (Å²) in [5, 5.41) is 17.9. The van der Waals surface area contributed by atoms with Crippen molar-refractivity contribution in [1.29, 1.82) is 0 Å². The fraction of sp³-hybridized carbons (Fsp3) is 0.375. The average Bonchev–Trinajstić information content (AvgIpc) is 3.23. The van der Waals surface area contributed by atoms with Gasteiger partial charge in [-0.2, -0.15) is 0 Å². The number of ether oxygens (including phenoxy) is 2. The van der Waals surface area contributed by atoms with Crippen LogP contribution in [0, 0.1) is 0 Å². The van der Waals surface area contributed by atoms with Gasteiger partial charge in [0.05, 0.1) is 24.0 Å². The van der Waals surface area contributed by atoms with Crippen molar-refractivity contribution in [2.45, 2.75) is 50.7 Å². The third-order valence-corrected chi connectivity index (χ3v) is 5.27. The zero-order valence-electron chi connectivity index (χ0n) is 16.9. The number of hydrogen-bond donors (Lipinski definition) is 2. The van der Waals surface area contributed by atoms with Crippen LogP contribution in [-0.4, -0.2) is 35.1 Å². The predicted molar refractivity (Wildman–Crippen MR) is 113 cm³/mol. The minimum Gasteiger partial charge on any atom is -0.486 e. The maximum atomic E-state index is 10.3. The van der Waals surface area contributed by atoms with Crippen LogP contribution in [-0.2, 0) is 24.3 Å². The van der Waals surface area contributed by atoms with Gasteiger partial charge in [-0.15, -0.1) is 0 Å². The van der Waals surface area contributed by atoms with E-state index in [9.17, 15) is 5.11 Å². The maximum Gasteiger partial charge on any atom is 0.174 e. The average molecular weight is 408 g/mol. The third kappa shape index (κ3) is 5.92. The molecular formula is C24H28N2O4. The third-order valence-electron chi connectivity index (χ3n) is 5.27. The molecule has 1 aromatic heterocycles. The van der Waals surface area contributed by atoms with Crippen molar-refractivity contribution < 1.29 is 19.1 Å². The van der Waals surface area contributed by atoms with E-state index in [0.29, 0.717) is 25.3 Å². The van der Waals surface area contributed by atoms with Gasteiger partial charge in [0.1, 0.15) is 12.4 Å². The first-order chi connectivity index (χ1) is 14.8. The Labute approximate surface area is 176 Å². The first-order valence-corrected chi connectivity index (χ1v) is 10.5. The predicted octanol–water partition coefficient (Wildman–Crippen LogP) is 3.49. The molecule has 0 saturated carbocycles. The number of hydrogen-bond acceptors (Lipinski definition) is 6. The van der Waals surface area contributed by atoms with Crippen molar-refractivity contribution in [2.24, 2.45) is 0 Å². The smallest absolute Gasteiger partial charge is 0.174 e.